The molecule has 0 aliphatic carbocycles. The Labute approximate surface area is 115 Å². The first-order valence-corrected chi connectivity index (χ1v) is 7.46. The molecule has 1 heterocycles. The smallest absolute Gasteiger partial charge is 0.123 e. The maximum absolute atomic E-state index is 13.5. The van der Waals surface area contributed by atoms with E-state index in [1.807, 2.05) is 6.07 Å². The van der Waals surface area contributed by atoms with Crippen molar-refractivity contribution in [3.63, 3.8) is 0 Å². The van der Waals surface area contributed by atoms with E-state index < -0.39 is 0 Å². The first-order chi connectivity index (χ1) is 9.15. The number of anilines is 1. The Morgan fingerprint density at radius 2 is 2.21 bits per heavy atom. The topological polar surface area (TPSA) is 29.3 Å². The van der Waals surface area contributed by atoms with Gasteiger partial charge in [-0.05, 0) is 55.9 Å². The average molecular weight is 264 g/mol. The molecule has 1 aromatic rings. The SMILES string of the molecule is CCC(N)Cc1cc(F)ccc1N1CCCC1CC. The molecule has 1 aliphatic heterocycles. The molecule has 2 atom stereocenters. The van der Waals surface area contributed by atoms with Crippen molar-refractivity contribution < 1.29 is 4.39 Å². The molecule has 2 rings (SSSR count). The van der Waals surface area contributed by atoms with Crippen LogP contribution >= 0.6 is 0 Å². The van der Waals surface area contributed by atoms with Gasteiger partial charge in [-0.3, -0.25) is 0 Å². The van der Waals surface area contributed by atoms with Gasteiger partial charge in [0.1, 0.15) is 5.82 Å². The minimum Gasteiger partial charge on any atom is -0.368 e. The minimum absolute atomic E-state index is 0.114. The zero-order valence-electron chi connectivity index (χ0n) is 12.0. The van der Waals surface area contributed by atoms with Crippen LogP contribution in [0.4, 0.5) is 10.1 Å². The van der Waals surface area contributed by atoms with Crippen LogP contribution < -0.4 is 10.6 Å². The first kappa shape index (κ1) is 14.3. The molecule has 0 radical (unpaired) electrons. The Hall–Kier alpha value is -1.09. The number of rotatable bonds is 5. The van der Waals surface area contributed by atoms with E-state index in [2.05, 4.69) is 18.7 Å². The number of benzene rings is 1. The molecule has 3 heteroatoms. The zero-order chi connectivity index (χ0) is 13.8. The van der Waals surface area contributed by atoms with Crippen molar-refractivity contribution in [1.82, 2.24) is 0 Å². The zero-order valence-corrected chi connectivity index (χ0v) is 12.0. The summed E-state index contributed by atoms with van der Waals surface area (Å²) in [7, 11) is 0. The van der Waals surface area contributed by atoms with Crippen molar-refractivity contribution >= 4 is 5.69 Å². The molecular weight excluding hydrogens is 239 g/mol. The van der Waals surface area contributed by atoms with Crippen molar-refractivity contribution in [2.24, 2.45) is 5.73 Å². The highest BCUT2D eigenvalue weighted by Crippen LogP contribution is 2.31. The molecule has 0 bridgehead atoms. The van der Waals surface area contributed by atoms with Gasteiger partial charge in [0.05, 0.1) is 0 Å². The molecule has 1 saturated heterocycles. The van der Waals surface area contributed by atoms with Crippen LogP contribution in [-0.4, -0.2) is 18.6 Å². The Kier molecular flexibility index (Phi) is 4.81. The van der Waals surface area contributed by atoms with Crippen molar-refractivity contribution in [2.45, 2.75) is 58.0 Å². The van der Waals surface area contributed by atoms with E-state index in [1.165, 1.54) is 18.5 Å². The molecule has 106 valence electrons. The highest BCUT2D eigenvalue weighted by Gasteiger charge is 2.25. The van der Waals surface area contributed by atoms with Crippen LogP contribution in [0.5, 0.6) is 0 Å². The fraction of sp³-hybridized carbons (Fsp3) is 0.625. The second kappa shape index (κ2) is 6.38. The van der Waals surface area contributed by atoms with Crippen molar-refractivity contribution in [3.05, 3.63) is 29.6 Å². The molecule has 1 aromatic carbocycles. The maximum Gasteiger partial charge on any atom is 0.123 e. The summed E-state index contributed by atoms with van der Waals surface area (Å²) in [6, 6.07) is 5.88. The van der Waals surface area contributed by atoms with Gasteiger partial charge in [-0.25, -0.2) is 4.39 Å². The van der Waals surface area contributed by atoms with E-state index in [9.17, 15) is 4.39 Å². The summed E-state index contributed by atoms with van der Waals surface area (Å²) >= 11 is 0. The molecule has 2 N–H and O–H groups in total. The van der Waals surface area contributed by atoms with Gasteiger partial charge in [-0.15, -0.1) is 0 Å². The van der Waals surface area contributed by atoms with E-state index in [1.54, 1.807) is 12.1 Å². The lowest BCUT2D eigenvalue weighted by molar-refractivity contribution is 0.607. The predicted octanol–water partition coefficient (Wildman–Crippen LogP) is 3.48. The lowest BCUT2D eigenvalue weighted by atomic mass is 10.0. The van der Waals surface area contributed by atoms with Crippen LogP contribution in [0.15, 0.2) is 18.2 Å². The average Bonchev–Trinajstić information content (AvgIpc) is 2.87. The number of halogens is 1. The van der Waals surface area contributed by atoms with Gasteiger partial charge in [0.15, 0.2) is 0 Å². The predicted molar refractivity (Wildman–Crippen MR) is 79.0 cm³/mol. The number of hydrogen-bond acceptors (Lipinski definition) is 2. The highest BCUT2D eigenvalue weighted by molar-refractivity contribution is 5.55. The molecule has 1 aliphatic rings. The Morgan fingerprint density at radius 3 is 2.89 bits per heavy atom. The lowest BCUT2D eigenvalue weighted by Gasteiger charge is -2.29. The summed E-state index contributed by atoms with van der Waals surface area (Å²) < 4.78 is 13.5. The van der Waals surface area contributed by atoms with Gasteiger partial charge >= 0.3 is 0 Å². The third kappa shape index (κ3) is 3.27. The third-order valence-corrected chi connectivity index (χ3v) is 4.21. The minimum atomic E-state index is -0.158. The van der Waals surface area contributed by atoms with Crippen LogP contribution in [-0.2, 0) is 6.42 Å². The number of nitrogens with zero attached hydrogens (tertiary/aromatic N) is 1. The number of hydrogen-bond donors (Lipinski definition) is 1. The Morgan fingerprint density at radius 1 is 1.42 bits per heavy atom. The van der Waals surface area contributed by atoms with Crippen LogP contribution in [0.2, 0.25) is 0 Å². The van der Waals surface area contributed by atoms with Crippen LogP contribution in [0.25, 0.3) is 0 Å². The number of nitrogens with two attached hydrogens (primary N) is 1. The Bertz CT molecular complexity index is 419. The fourth-order valence-electron chi connectivity index (χ4n) is 3.00. The van der Waals surface area contributed by atoms with Gasteiger partial charge < -0.3 is 10.6 Å². The second-order valence-electron chi connectivity index (χ2n) is 5.54. The first-order valence-electron chi connectivity index (χ1n) is 7.46. The molecule has 0 amide bonds. The molecular formula is C16H25FN2. The Balaban J connectivity index is 2.28. The quantitative estimate of drug-likeness (QED) is 0.882. The molecule has 1 fully saturated rings. The second-order valence-corrected chi connectivity index (χ2v) is 5.54. The van der Waals surface area contributed by atoms with Gasteiger partial charge in [0.25, 0.3) is 0 Å². The highest BCUT2D eigenvalue weighted by atomic mass is 19.1. The van der Waals surface area contributed by atoms with Crippen molar-refractivity contribution in [2.75, 3.05) is 11.4 Å². The fourth-order valence-corrected chi connectivity index (χ4v) is 3.00. The van der Waals surface area contributed by atoms with E-state index in [-0.39, 0.29) is 11.9 Å². The van der Waals surface area contributed by atoms with Crippen molar-refractivity contribution in [1.29, 1.82) is 0 Å². The molecule has 19 heavy (non-hydrogen) atoms. The van der Waals surface area contributed by atoms with Crippen LogP contribution in [0.3, 0.4) is 0 Å². The van der Waals surface area contributed by atoms with Crippen LogP contribution in [0.1, 0.15) is 45.1 Å². The van der Waals surface area contributed by atoms with Gasteiger partial charge in [0.2, 0.25) is 0 Å². The summed E-state index contributed by atoms with van der Waals surface area (Å²) in [6.07, 6.45) is 5.31. The molecule has 0 aromatic heterocycles. The molecule has 2 nitrogen and oxygen atoms in total. The lowest BCUT2D eigenvalue weighted by Crippen LogP contribution is -2.30. The molecule has 0 spiro atoms. The molecule has 0 saturated carbocycles. The maximum atomic E-state index is 13.5. The normalized spacial score (nSPS) is 20.8. The summed E-state index contributed by atoms with van der Waals surface area (Å²) in [5.74, 6) is -0.158. The molecule has 2 unspecified atom stereocenters. The summed E-state index contributed by atoms with van der Waals surface area (Å²) in [4.78, 5) is 2.44. The largest absolute Gasteiger partial charge is 0.368 e. The van der Waals surface area contributed by atoms with Crippen molar-refractivity contribution in [3.8, 4) is 0 Å². The van der Waals surface area contributed by atoms with Gasteiger partial charge in [0, 0.05) is 24.3 Å². The summed E-state index contributed by atoms with van der Waals surface area (Å²) in [5, 5.41) is 0. The van der Waals surface area contributed by atoms with E-state index >= 15 is 0 Å². The third-order valence-electron chi connectivity index (χ3n) is 4.21. The summed E-state index contributed by atoms with van der Waals surface area (Å²) in [5.41, 5.74) is 8.30. The standard InChI is InChI=1S/C16H25FN2/c1-3-14(18)11-12-10-13(17)7-8-16(12)19-9-5-6-15(19)4-2/h7-8,10,14-15H,3-6,9,11,18H2,1-2H3. The monoisotopic (exact) mass is 264 g/mol. The van der Waals surface area contributed by atoms with Gasteiger partial charge in [-0.1, -0.05) is 13.8 Å². The van der Waals surface area contributed by atoms with E-state index in [4.69, 9.17) is 5.73 Å². The van der Waals surface area contributed by atoms with Gasteiger partial charge in [-0.2, -0.15) is 0 Å². The summed E-state index contributed by atoms with van der Waals surface area (Å²) in [6.45, 7) is 5.39. The van der Waals surface area contributed by atoms with Crippen LogP contribution in [0, 0.1) is 5.82 Å². The van der Waals surface area contributed by atoms with E-state index in [0.717, 1.165) is 31.4 Å². The van der Waals surface area contributed by atoms with E-state index in [0.29, 0.717) is 6.04 Å².